The summed E-state index contributed by atoms with van der Waals surface area (Å²) in [5.74, 6) is -0.603. The van der Waals surface area contributed by atoms with Gasteiger partial charge in [0.15, 0.2) is 0 Å². The molecule has 2 rings (SSSR count). The highest BCUT2D eigenvalue weighted by atomic mass is 35.5. The number of anilines is 2. The first-order valence-corrected chi connectivity index (χ1v) is 7.08. The number of nitrogens with one attached hydrogen (secondary N) is 1. The number of hydrogen-bond acceptors (Lipinski definition) is 3. The Hall–Kier alpha value is -1.79. The highest BCUT2D eigenvalue weighted by molar-refractivity contribution is 7.92. The lowest BCUT2D eigenvalue weighted by Crippen LogP contribution is -2.15. The van der Waals surface area contributed by atoms with Gasteiger partial charge in [0, 0.05) is 0 Å². The second kappa shape index (κ2) is 5.07. The van der Waals surface area contributed by atoms with E-state index < -0.39 is 15.8 Å². The molecule has 0 spiro atoms. The van der Waals surface area contributed by atoms with Crippen molar-refractivity contribution in [1.29, 1.82) is 0 Å². The summed E-state index contributed by atoms with van der Waals surface area (Å²) < 4.78 is 39.4. The van der Waals surface area contributed by atoms with Gasteiger partial charge in [-0.25, -0.2) is 12.8 Å². The van der Waals surface area contributed by atoms with E-state index in [1.165, 1.54) is 6.07 Å². The van der Waals surface area contributed by atoms with Crippen LogP contribution >= 0.6 is 11.6 Å². The average Bonchev–Trinajstić information content (AvgIpc) is 2.31. The first-order chi connectivity index (χ1) is 8.90. The van der Waals surface area contributed by atoms with E-state index in [0.717, 1.165) is 18.2 Å². The molecule has 7 heteroatoms. The van der Waals surface area contributed by atoms with Crippen LogP contribution in [0.15, 0.2) is 47.4 Å². The zero-order valence-corrected chi connectivity index (χ0v) is 11.2. The van der Waals surface area contributed by atoms with E-state index >= 15 is 0 Å². The van der Waals surface area contributed by atoms with Gasteiger partial charge in [0.05, 0.1) is 16.4 Å². The molecule has 0 saturated carbocycles. The fourth-order valence-electron chi connectivity index (χ4n) is 1.51. The molecule has 0 unspecified atom stereocenters. The van der Waals surface area contributed by atoms with E-state index in [2.05, 4.69) is 4.72 Å². The molecule has 0 atom stereocenters. The number of para-hydroxylation sites is 1. The largest absolute Gasteiger partial charge is 0.398 e. The molecule has 0 aromatic heterocycles. The Labute approximate surface area is 115 Å². The molecule has 19 heavy (non-hydrogen) atoms. The minimum atomic E-state index is -3.91. The van der Waals surface area contributed by atoms with Crippen LogP contribution in [0.4, 0.5) is 15.8 Å². The van der Waals surface area contributed by atoms with Crippen LogP contribution in [0.3, 0.4) is 0 Å². The molecule has 4 nitrogen and oxygen atoms in total. The van der Waals surface area contributed by atoms with Crippen LogP contribution in [-0.4, -0.2) is 8.42 Å². The quantitative estimate of drug-likeness (QED) is 0.856. The molecule has 0 fully saturated rings. The molecule has 0 heterocycles. The van der Waals surface area contributed by atoms with Crippen molar-refractivity contribution < 1.29 is 12.8 Å². The molecule has 0 saturated heterocycles. The first-order valence-electron chi connectivity index (χ1n) is 5.22. The second-order valence-corrected chi connectivity index (χ2v) is 5.83. The van der Waals surface area contributed by atoms with Gasteiger partial charge in [0.2, 0.25) is 0 Å². The molecule has 0 aliphatic rings. The minimum Gasteiger partial charge on any atom is -0.398 e. The number of nitrogen functional groups attached to an aromatic ring is 1. The fourth-order valence-corrected chi connectivity index (χ4v) is 2.94. The molecular formula is C12H10ClFN2O2S. The molecule has 0 radical (unpaired) electrons. The van der Waals surface area contributed by atoms with Crippen LogP contribution in [0.25, 0.3) is 0 Å². The zero-order chi connectivity index (χ0) is 14.0. The van der Waals surface area contributed by atoms with Gasteiger partial charge in [-0.2, -0.15) is 0 Å². The van der Waals surface area contributed by atoms with Crippen molar-refractivity contribution in [3.63, 3.8) is 0 Å². The van der Waals surface area contributed by atoms with E-state index in [0.29, 0.717) is 0 Å². The van der Waals surface area contributed by atoms with Crippen LogP contribution < -0.4 is 10.5 Å². The monoisotopic (exact) mass is 300 g/mol. The molecular weight excluding hydrogens is 291 g/mol. The summed E-state index contributed by atoms with van der Waals surface area (Å²) in [6.45, 7) is 0. The van der Waals surface area contributed by atoms with Crippen molar-refractivity contribution >= 4 is 33.0 Å². The normalized spacial score (nSPS) is 11.3. The zero-order valence-electron chi connectivity index (χ0n) is 9.60. The molecule has 2 aromatic rings. The number of nitrogens with two attached hydrogens (primary N) is 1. The number of halogens is 2. The Bertz CT molecular complexity index is 719. The van der Waals surface area contributed by atoms with E-state index in [1.54, 1.807) is 18.2 Å². The highest BCUT2D eigenvalue weighted by Gasteiger charge is 2.18. The molecule has 2 aromatic carbocycles. The Balaban J connectivity index is 2.41. The van der Waals surface area contributed by atoms with Gasteiger partial charge in [0.1, 0.15) is 10.7 Å². The van der Waals surface area contributed by atoms with E-state index in [1.807, 2.05) is 0 Å². The minimum absolute atomic E-state index is 0.167. The summed E-state index contributed by atoms with van der Waals surface area (Å²) in [6, 6.07) is 9.44. The number of sulfonamides is 1. The standard InChI is InChI=1S/C12H10ClFN2O2S/c13-9-3-1-2-4-11(9)16-19(17,18)12-6-5-8(14)7-10(12)15/h1-7,16H,15H2. The van der Waals surface area contributed by atoms with Crippen LogP contribution in [0.5, 0.6) is 0 Å². The van der Waals surface area contributed by atoms with Gasteiger partial charge < -0.3 is 5.73 Å². The third kappa shape index (κ3) is 2.97. The van der Waals surface area contributed by atoms with Crippen LogP contribution in [0.2, 0.25) is 5.02 Å². The SMILES string of the molecule is Nc1cc(F)ccc1S(=O)(=O)Nc1ccccc1Cl. The van der Waals surface area contributed by atoms with Crippen molar-refractivity contribution in [2.75, 3.05) is 10.5 Å². The van der Waals surface area contributed by atoms with E-state index in [9.17, 15) is 12.8 Å². The summed E-state index contributed by atoms with van der Waals surface area (Å²) >= 11 is 5.86. The lowest BCUT2D eigenvalue weighted by atomic mass is 10.3. The Morgan fingerprint density at radius 3 is 2.47 bits per heavy atom. The fraction of sp³-hybridized carbons (Fsp3) is 0. The van der Waals surface area contributed by atoms with Crippen LogP contribution in [0.1, 0.15) is 0 Å². The van der Waals surface area contributed by atoms with Crippen molar-refractivity contribution in [3.05, 3.63) is 53.3 Å². The lowest BCUT2D eigenvalue weighted by molar-refractivity contribution is 0.600. The van der Waals surface area contributed by atoms with Gasteiger partial charge in [-0.3, -0.25) is 4.72 Å². The molecule has 100 valence electrons. The molecule has 3 N–H and O–H groups in total. The predicted octanol–water partition coefficient (Wildman–Crippen LogP) is 2.86. The Morgan fingerprint density at radius 1 is 1.16 bits per heavy atom. The molecule has 0 aliphatic heterocycles. The van der Waals surface area contributed by atoms with Crippen molar-refractivity contribution in [1.82, 2.24) is 0 Å². The van der Waals surface area contributed by atoms with E-state index in [-0.39, 0.29) is 21.3 Å². The summed E-state index contributed by atoms with van der Waals surface area (Å²) in [7, 11) is -3.91. The summed E-state index contributed by atoms with van der Waals surface area (Å²) in [5.41, 5.74) is 5.57. The number of hydrogen-bond donors (Lipinski definition) is 2. The Kier molecular flexibility index (Phi) is 3.64. The number of benzene rings is 2. The first kappa shape index (κ1) is 13.6. The van der Waals surface area contributed by atoms with Gasteiger partial charge in [-0.15, -0.1) is 0 Å². The molecule has 0 aliphatic carbocycles. The van der Waals surface area contributed by atoms with Gasteiger partial charge in [-0.1, -0.05) is 23.7 Å². The van der Waals surface area contributed by atoms with Crippen molar-refractivity contribution in [2.45, 2.75) is 4.90 Å². The van der Waals surface area contributed by atoms with Gasteiger partial charge in [0.25, 0.3) is 10.0 Å². The topological polar surface area (TPSA) is 72.2 Å². The average molecular weight is 301 g/mol. The van der Waals surface area contributed by atoms with E-state index in [4.69, 9.17) is 17.3 Å². The Morgan fingerprint density at radius 2 is 1.84 bits per heavy atom. The third-order valence-corrected chi connectivity index (χ3v) is 4.15. The van der Waals surface area contributed by atoms with Crippen LogP contribution in [-0.2, 0) is 10.0 Å². The summed E-state index contributed by atoms with van der Waals surface area (Å²) in [4.78, 5) is -0.200. The lowest BCUT2D eigenvalue weighted by Gasteiger charge is -2.11. The molecule has 0 amide bonds. The van der Waals surface area contributed by atoms with Gasteiger partial charge >= 0.3 is 0 Å². The van der Waals surface area contributed by atoms with Crippen LogP contribution in [0, 0.1) is 5.82 Å². The number of rotatable bonds is 3. The predicted molar refractivity (Wildman–Crippen MR) is 73.1 cm³/mol. The second-order valence-electron chi connectivity index (χ2n) is 3.77. The summed E-state index contributed by atoms with van der Waals surface area (Å²) in [6.07, 6.45) is 0. The third-order valence-electron chi connectivity index (χ3n) is 2.38. The smallest absolute Gasteiger partial charge is 0.263 e. The maximum Gasteiger partial charge on any atom is 0.263 e. The maximum absolute atomic E-state index is 12.9. The van der Waals surface area contributed by atoms with Gasteiger partial charge in [-0.05, 0) is 30.3 Å². The van der Waals surface area contributed by atoms with Crippen molar-refractivity contribution in [2.24, 2.45) is 0 Å². The highest BCUT2D eigenvalue weighted by Crippen LogP contribution is 2.26. The van der Waals surface area contributed by atoms with Crippen molar-refractivity contribution in [3.8, 4) is 0 Å². The maximum atomic E-state index is 12.9. The molecule has 0 bridgehead atoms. The summed E-state index contributed by atoms with van der Waals surface area (Å²) in [5, 5.41) is 0.256.